The predicted molar refractivity (Wildman–Crippen MR) is 103 cm³/mol. The highest BCUT2D eigenvalue weighted by atomic mass is 16.1. The zero-order chi connectivity index (χ0) is 17.5. The van der Waals surface area contributed by atoms with Gasteiger partial charge in [0.15, 0.2) is 0 Å². The summed E-state index contributed by atoms with van der Waals surface area (Å²) >= 11 is 0. The number of pyridine rings is 1. The molecule has 0 saturated carbocycles. The quantitative estimate of drug-likeness (QED) is 0.751. The Labute approximate surface area is 149 Å². The average molecular weight is 338 g/mol. The van der Waals surface area contributed by atoms with E-state index in [1.165, 1.54) is 18.5 Å². The van der Waals surface area contributed by atoms with Gasteiger partial charge in [-0.1, -0.05) is 13.3 Å². The van der Waals surface area contributed by atoms with Gasteiger partial charge in [0.2, 0.25) is 0 Å². The normalized spacial score (nSPS) is 13.7. The number of unbranched alkanes of at least 4 members (excludes halogenated alkanes) is 1. The minimum Gasteiger partial charge on any atom is -0.372 e. The maximum Gasteiger partial charge on any atom is 0.251 e. The van der Waals surface area contributed by atoms with Gasteiger partial charge in [-0.05, 0) is 55.7 Å². The Morgan fingerprint density at radius 3 is 2.64 bits per heavy atom. The second-order valence-corrected chi connectivity index (χ2v) is 6.41. The van der Waals surface area contributed by atoms with Crippen molar-refractivity contribution >= 4 is 23.1 Å². The molecular weight excluding hydrogens is 312 g/mol. The number of rotatable bonds is 7. The first-order valence-electron chi connectivity index (χ1n) is 9.12. The second kappa shape index (κ2) is 8.51. The molecular formula is C20H26N4O. The summed E-state index contributed by atoms with van der Waals surface area (Å²) in [6.45, 7) is 5.10. The minimum atomic E-state index is -0.0525. The van der Waals surface area contributed by atoms with E-state index in [1.54, 1.807) is 18.3 Å². The Balaban J connectivity index is 1.62. The van der Waals surface area contributed by atoms with E-state index in [9.17, 15) is 4.79 Å². The van der Waals surface area contributed by atoms with Crippen molar-refractivity contribution in [1.29, 1.82) is 0 Å². The number of anilines is 3. The molecule has 1 saturated heterocycles. The van der Waals surface area contributed by atoms with Crippen LogP contribution in [0.5, 0.6) is 0 Å². The summed E-state index contributed by atoms with van der Waals surface area (Å²) in [4.78, 5) is 18.9. The molecule has 132 valence electrons. The van der Waals surface area contributed by atoms with E-state index in [0.717, 1.165) is 31.6 Å². The topological polar surface area (TPSA) is 57.3 Å². The third-order valence-corrected chi connectivity index (χ3v) is 4.45. The number of benzene rings is 1. The highest BCUT2D eigenvalue weighted by Crippen LogP contribution is 2.23. The van der Waals surface area contributed by atoms with Gasteiger partial charge in [-0.3, -0.25) is 4.79 Å². The van der Waals surface area contributed by atoms with Crippen molar-refractivity contribution < 1.29 is 4.79 Å². The van der Waals surface area contributed by atoms with Crippen LogP contribution in [0.4, 0.5) is 17.2 Å². The lowest BCUT2D eigenvalue weighted by Crippen LogP contribution is -2.24. The molecule has 0 spiro atoms. The van der Waals surface area contributed by atoms with Crippen LogP contribution in [0.15, 0.2) is 42.6 Å². The van der Waals surface area contributed by atoms with E-state index in [0.29, 0.717) is 17.9 Å². The molecule has 1 aromatic carbocycles. The van der Waals surface area contributed by atoms with Crippen LogP contribution in [0.1, 0.15) is 43.0 Å². The molecule has 1 aliphatic rings. The fourth-order valence-corrected chi connectivity index (χ4v) is 3.00. The molecule has 0 unspecified atom stereocenters. The van der Waals surface area contributed by atoms with E-state index in [4.69, 9.17) is 0 Å². The van der Waals surface area contributed by atoms with Crippen LogP contribution in [0, 0.1) is 0 Å². The van der Waals surface area contributed by atoms with Crippen molar-refractivity contribution in [1.82, 2.24) is 10.3 Å². The number of hydrogen-bond donors (Lipinski definition) is 2. The third-order valence-electron chi connectivity index (χ3n) is 4.45. The lowest BCUT2D eigenvalue weighted by molar-refractivity contribution is 0.0953. The van der Waals surface area contributed by atoms with Gasteiger partial charge in [0.1, 0.15) is 5.82 Å². The molecule has 3 rings (SSSR count). The van der Waals surface area contributed by atoms with Crippen molar-refractivity contribution in [3.05, 3.63) is 48.2 Å². The lowest BCUT2D eigenvalue weighted by Gasteiger charge is -2.18. The Morgan fingerprint density at radius 2 is 1.92 bits per heavy atom. The zero-order valence-electron chi connectivity index (χ0n) is 14.8. The summed E-state index contributed by atoms with van der Waals surface area (Å²) in [6, 6.07) is 11.9. The number of nitrogens with one attached hydrogen (secondary N) is 2. The maximum atomic E-state index is 12.1. The SMILES string of the molecule is CCCCNC(=O)c1ccnc(Nc2ccc(N3CCCC3)cc2)c1. The third kappa shape index (κ3) is 4.72. The van der Waals surface area contributed by atoms with E-state index < -0.39 is 0 Å². The molecule has 1 fully saturated rings. The van der Waals surface area contributed by atoms with Gasteiger partial charge in [0, 0.05) is 42.8 Å². The monoisotopic (exact) mass is 338 g/mol. The van der Waals surface area contributed by atoms with Crippen molar-refractivity contribution in [3.63, 3.8) is 0 Å². The minimum absolute atomic E-state index is 0.0525. The van der Waals surface area contributed by atoms with E-state index in [1.807, 2.05) is 0 Å². The number of aromatic nitrogens is 1. The van der Waals surface area contributed by atoms with Crippen LogP contribution in [-0.4, -0.2) is 30.5 Å². The summed E-state index contributed by atoms with van der Waals surface area (Å²) in [5.74, 6) is 0.625. The van der Waals surface area contributed by atoms with Crippen LogP contribution < -0.4 is 15.5 Å². The van der Waals surface area contributed by atoms with Crippen LogP contribution in [-0.2, 0) is 0 Å². The molecule has 2 heterocycles. The van der Waals surface area contributed by atoms with Gasteiger partial charge in [-0.2, -0.15) is 0 Å². The van der Waals surface area contributed by atoms with Crippen LogP contribution in [0.25, 0.3) is 0 Å². The van der Waals surface area contributed by atoms with E-state index in [-0.39, 0.29) is 5.91 Å². The fourth-order valence-electron chi connectivity index (χ4n) is 3.00. The number of hydrogen-bond acceptors (Lipinski definition) is 4. The summed E-state index contributed by atoms with van der Waals surface area (Å²) < 4.78 is 0. The van der Waals surface area contributed by atoms with Crippen molar-refractivity contribution in [3.8, 4) is 0 Å². The van der Waals surface area contributed by atoms with Gasteiger partial charge in [-0.15, -0.1) is 0 Å². The van der Waals surface area contributed by atoms with Gasteiger partial charge < -0.3 is 15.5 Å². The highest BCUT2D eigenvalue weighted by molar-refractivity contribution is 5.94. The predicted octanol–water partition coefficient (Wildman–Crippen LogP) is 3.96. The molecule has 0 bridgehead atoms. The molecule has 25 heavy (non-hydrogen) atoms. The highest BCUT2D eigenvalue weighted by Gasteiger charge is 2.12. The average Bonchev–Trinajstić information content (AvgIpc) is 3.17. The number of carbonyl (C=O) groups is 1. The molecule has 2 aromatic rings. The maximum absolute atomic E-state index is 12.1. The molecule has 1 amide bonds. The van der Waals surface area contributed by atoms with Gasteiger partial charge >= 0.3 is 0 Å². The van der Waals surface area contributed by atoms with E-state index >= 15 is 0 Å². The second-order valence-electron chi connectivity index (χ2n) is 6.41. The summed E-state index contributed by atoms with van der Waals surface area (Å²) in [7, 11) is 0. The summed E-state index contributed by atoms with van der Waals surface area (Å²) in [6.07, 6.45) is 6.27. The number of carbonyl (C=O) groups excluding carboxylic acids is 1. The largest absolute Gasteiger partial charge is 0.372 e. The van der Waals surface area contributed by atoms with Gasteiger partial charge in [0.05, 0.1) is 0 Å². The Bertz CT molecular complexity index is 693. The first kappa shape index (κ1) is 17.3. The lowest BCUT2D eigenvalue weighted by atomic mass is 10.2. The summed E-state index contributed by atoms with van der Waals surface area (Å²) in [5.41, 5.74) is 2.86. The van der Waals surface area contributed by atoms with Crippen molar-refractivity contribution in [2.24, 2.45) is 0 Å². The Hall–Kier alpha value is -2.56. The molecule has 0 aliphatic carbocycles. The van der Waals surface area contributed by atoms with Crippen molar-refractivity contribution in [2.75, 3.05) is 29.9 Å². The van der Waals surface area contributed by atoms with Gasteiger partial charge in [-0.25, -0.2) is 4.98 Å². The molecule has 2 N–H and O–H groups in total. The molecule has 1 aromatic heterocycles. The smallest absolute Gasteiger partial charge is 0.251 e. The van der Waals surface area contributed by atoms with Gasteiger partial charge in [0.25, 0.3) is 5.91 Å². The molecule has 0 radical (unpaired) electrons. The summed E-state index contributed by atoms with van der Waals surface area (Å²) in [5, 5.41) is 6.20. The molecule has 1 aliphatic heterocycles. The standard InChI is InChI=1S/C20H26N4O/c1-2-3-11-22-20(25)16-10-12-21-19(15-16)23-17-6-8-18(9-7-17)24-13-4-5-14-24/h6-10,12,15H,2-5,11,13-14H2,1H3,(H,21,23)(H,22,25). The molecule has 5 nitrogen and oxygen atoms in total. The van der Waals surface area contributed by atoms with Crippen molar-refractivity contribution in [2.45, 2.75) is 32.6 Å². The number of nitrogens with zero attached hydrogens (tertiary/aromatic N) is 2. The van der Waals surface area contributed by atoms with Crippen LogP contribution in [0.3, 0.4) is 0 Å². The molecule has 0 atom stereocenters. The number of amides is 1. The zero-order valence-corrected chi connectivity index (χ0v) is 14.8. The van der Waals surface area contributed by atoms with Crippen LogP contribution >= 0.6 is 0 Å². The Kier molecular flexibility index (Phi) is 5.88. The first-order valence-corrected chi connectivity index (χ1v) is 9.12. The molecule has 5 heteroatoms. The van der Waals surface area contributed by atoms with Crippen LogP contribution in [0.2, 0.25) is 0 Å². The Morgan fingerprint density at radius 1 is 1.16 bits per heavy atom. The van der Waals surface area contributed by atoms with E-state index in [2.05, 4.69) is 51.7 Å². The first-order chi connectivity index (χ1) is 12.3. The fraction of sp³-hybridized carbons (Fsp3) is 0.400.